The van der Waals surface area contributed by atoms with Gasteiger partial charge in [-0.1, -0.05) is 6.07 Å². The van der Waals surface area contributed by atoms with Crippen LogP contribution in [0.15, 0.2) is 24.3 Å². The first kappa shape index (κ1) is 12.2. The molecule has 2 rings (SSSR count). The number of anilines is 2. The SMILES string of the molecule is Nc1cccc(NS(=O)(=O)CC2CCCO2)c1. The molecule has 0 aromatic heterocycles. The topological polar surface area (TPSA) is 81.4 Å². The number of ether oxygens (including phenoxy) is 1. The van der Waals surface area contributed by atoms with E-state index in [1.165, 1.54) is 0 Å². The van der Waals surface area contributed by atoms with E-state index in [9.17, 15) is 8.42 Å². The van der Waals surface area contributed by atoms with Crippen molar-refractivity contribution in [3.63, 3.8) is 0 Å². The summed E-state index contributed by atoms with van der Waals surface area (Å²) in [5, 5.41) is 0. The number of hydrogen-bond donors (Lipinski definition) is 2. The van der Waals surface area contributed by atoms with Crippen LogP contribution >= 0.6 is 0 Å². The Hall–Kier alpha value is -1.27. The Balaban J connectivity index is 2.01. The van der Waals surface area contributed by atoms with E-state index < -0.39 is 10.0 Å². The monoisotopic (exact) mass is 256 g/mol. The molecule has 0 bridgehead atoms. The first-order valence-electron chi connectivity index (χ1n) is 5.53. The number of sulfonamides is 1. The predicted octanol–water partition coefficient (Wildman–Crippen LogP) is 1.19. The molecule has 0 aliphatic carbocycles. The van der Waals surface area contributed by atoms with Crippen molar-refractivity contribution in [1.29, 1.82) is 0 Å². The molecule has 1 fully saturated rings. The van der Waals surface area contributed by atoms with Crippen molar-refractivity contribution in [1.82, 2.24) is 0 Å². The molecular weight excluding hydrogens is 240 g/mol. The molecule has 3 N–H and O–H groups in total. The van der Waals surface area contributed by atoms with E-state index in [-0.39, 0.29) is 11.9 Å². The zero-order valence-corrected chi connectivity index (χ0v) is 10.2. The van der Waals surface area contributed by atoms with E-state index in [1.807, 2.05) is 0 Å². The molecule has 1 aliphatic heterocycles. The molecule has 0 amide bonds. The van der Waals surface area contributed by atoms with E-state index in [0.717, 1.165) is 12.8 Å². The van der Waals surface area contributed by atoms with Crippen LogP contribution in [-0.2, 0) is 14.8 Å². The molecule has 1 saturated heterocycles. The average molecular weight is 256 g/mol. The van der Waals surface area contributed by atoms with E-state index in [0.29, 0.717) is 18.0 Å². The normalized spacial score (nSPS) is 20.4. The summed E-state index contributed by atoms with van der Waals surface area (Å²) in [5.74, 6) is 0.00178. The maximum Gasteiger partial charge on any atom is 0.235 e. The molecule has 17 heavy (non-hydrogen) atoms. The first-order chi connectivity index (χ1) is 8.05. The van der Waals surface area contributed by atoms with E-state index in [2.05, 4.69) is 4.72 Å². The highest BCUT2D eigenvalue weighted by molar-refractivity contribution is 7.92. The van der Waals surface area contributed by atoms with Gasteiger partial charge in [-0.2, -0.15) is 0 Å². The third-order valence-electron chi connectivity index (χ3n) is 2.59. The molecule has 6 heteroatoms. The molecule has 1 atom stereocenters. The Morgan fingerprint density at radius 1 is 1.47 bits per heavy atom. The number of nitrogens with one attached hydrogen (secondary N) is 1. The zero-order chi connectivity index (χ0) is 12.3. The van der Waals surface area contributed by atoms with Crippen LogP contribution in [0.4, 0.5) is 11.4 Å². The van der Waals surface area contributed by atoms with Gasteiger partial charge >= 0.3 is 0 Å². The molecule has 1 aliphatic rings. The van der Waals surface area contributed by atoms with Crippen molar-refractivity contribution in [3.8, 4) is 0 Å². The van der Waals surface area contributed by atoms with E-state index in [1.54, 1.807) is 24.3 Å². The van der Waals surface area contributed by atoms with Gasteiger partial charge in [0.05, 0.1) is 17.5 Å². The van der Waals surface area contributed by atoms with Crippen LogP contribution in [0.2, 0.25) is 0 Å². The standard InChI is InChI=1S/C11H16N2O3S/c12-9-3-1-4-10(7-9)13-17(14,15)8-11-5-2-6-16-11/h1,3-4,7,11,13H,2,5-6,8,12H2. The van der Waals surface area contributed by atoms with Gasteiger partial charge in [-0.05, 0) is 31.0 Å². The third-order valence-corrected chi connectivity index (χ3v) is 3.95. The van der Waals surface area contributed by atoms with Crippen LogP contribution in [-0.4, -0.2) is 26.9 Å². The van der Waals surface area contributed by atoms with Gasteiger partial charge in [0, 0.05) is 12.3 Å². The number of hydrogen-bond acceptors (Lipinski definition) is 4. The van der Waals surface area contributed by atoms with Crippen molar-refractivity contribution in [2.24, 2.45) is 0 Å². The van der Waals surface area contributed by atoms with E-state index >= 15 is 0 Å². The second-order valence-corrected chi connectivity index (χ2v) is 5.91. The van der Waals surface area contributed by atoms with Gasteiger partial charge in [0.1, 0.15) is 0 Å². The quantitative estimate of drug-likeness (QED) is 0.793. The highest BCUT2D eigenvalue weighted by atomic mass is 32.2. The summed E-state index contributed by atoms with van der Waals surface area (Å²) in [6.07, 6.45) is 1.55. The third kappa shape index (κ3) is 3.61. The zero-order valence-electron chi connectivity index (χ0n) is 9.43. The second-order valence-electron chi connectivity index (χ2n) is 4.14. The summed E-state index contributed by atoms with van der Waals surface area (Å²) in [5.41, 5.74) is 6.60. The summed E-state index contributed by atoms with van der Waals surface area (Å²) in [7, 11) is -3.37. The van der Waals surface area contributed by atoms with Crippen molar-refractivity contribution in [3.05, 3.63) is 24.3 Å². The molecule has 1 aromatic carbocycles. The predicted molar refractivity (Wildman–Crippen MR) is 67.2 cm³/mol. The highest BCUT2D eigenvalue weighted by Gasteiger charge is 2.23. The Bertz CT molecular complexity index is 481. The molecule has 1 unspecified atom stereocenters. The van der Waals surface area contributed by atoms with Gasteiger partial charge in [0.25, 0.3) is 0 Å². The second kappa shape index (κ2) is 4.93. The van der Waals surface area contributed by atoms with Crippen molar-refractivity contribution >= 4 is 21.4 Å². The summed E-state index contributed by atoms with van der Waals surface area (Å²) in [6.45, 7) is 0.651. The van der Waals surface area contributed by atoms with E-state index in [4.69, 9.17) is 10.5 Å². The van der Waals surface area contributed by atoms with Crippen LogP contribution in [0.1, 0.15) is 12.8 Å². The van der Waals surface area contributed by atoms with Crippen LogP contribution < -0.4 is 10.5 Å². The lowest BCUT2D eigenvalue weighted by Crippen LogP contribution is -2.25. The molecule has 1 heterocycles. The Morgan fingerprint density at radius 2 is 2.29 bits per heavy atom. The number of nitrogen functional groups attached to an aromatic ring is 1. The highest BCUT2D eigenvalue weighted by Crippen LogP contribution is 2.17. The van der Waals surface area contributed by atoms with Gasteiger partial charge < -0.3 is 10.5 Å². The fourth-order valence-corrected chi connectivity index (χ4v) is 3.17. The Kier molecular flexibility index (Phi) is 3.54. The largest absolute Gasteiger partial charge is 0.399 e. The van der Waals surface area contributed by atoms with Gasteiger partial charge in [0.2, 0.25) is 10.0 Å². The molecule has 5 nitrogen and oxygen atoms in total. The number of rotatable bonds is 4. The van der Waals surface area contributed by atoms with Crippen LogP contribution in [0, 0.1) is 0 Å². The smallest absolute Gasteiger partial charge is 0.235 e. The Labute approximate surface area is 101 Å². The minimum absolute atomic E-state index is 0.00178. The summed E-state index contributed by atoms with van der Waals surface area (Å²) < 4.78 is 31.5. The minimum Gasteiger partial charge on any atom is -0.399 e. The molecule has 0 spiro atoms. The van der Waals surface area contributed by atoms with Crippen LogP contribution in [0.3, 0.4) is 0 Å². The molecule has 0 saturated carbocycles. The molecule has 0 radical (unpaired) electrons. The van der Waals surface area contributed by atoms with Gasteiger partial charge in [0.15, 0.2) is 0 Å². The molecule has 1 aromatic rings. The van der Waals surface area contributed by atoms with Crippen molar-refractivity contribution < 1.29 is 13.2 Å². The maximum absolute atomic E-state index is 11.8. The molecule has 94 valence electrons. The molecular formula is C11H16N2O3S. The van der Waals surface area contributed by atoms with Gasteiger partial charge in [-0.25, -0.2) is 8.42 Å². The summed E-state index contributed by atoms with van der Waals surface area (Å²) in [4.78, 5) is 0. The number of nitrogens with two attached hydrogens (primary N) is 1. The Morgan fingerprint density at radius 3 is 2.94 bits per heavy atom. The summed E-state index contributed by atoms with van der Waals surface area (Å²) in [6, 6.07) is 6.67. The average Bonchev–Trinajstić information content (AvgIpc) is 2.68. The van der Waals surface area contributed by atoms with Crippen LogP contribution in [0.5, 0.6) is 0 Å². The van der Waals surface area contributed by atoms with Gasteiger partial charge in [-0.3, -0.25) is 4.72 Å². The minimum atomic E-state index is -3.37. The lowest BCUT2D eigenvalue weighted by atomic mass is 10.3. The van der Waals surface area contributed by atoms with Crippen molar-refractivity contribution in [2.45, 2.75) is 18.9 Å². The summed E-state index contributed by atoms with van der Waals surface area (Å²) >= 11 is 0. The van der Waals surface area contributed by atoms with Crippen molar-refractivity contribution in [2.75, 3.05) is 22.8 Å². The first-order valence-corrected chi connectivity index (χ1v) is 7.18. The fraction of sp³-hybridized carbons (Fsp3) is 0.455. The number of benzene rings is 1. The maximum atomic E-state index is 11.8. The van der Waals surface area contributed by atoms with Gasteiger partial charge in [-0.15, -0.1) is 0 Å². The van der Waals surface area contributed by atoms with Crippen LogP contribution in [0.25, 0.3) is 0 Å². The lowest BCUT2D eigenvalue weighted by Gasteiger charge is -2.12. The fourth-order valence-electron chi connectivity index (χ4n) is 1.84. The lowest BCUT2D eigenvalue weighted by molar-refractivity contribution is 0.127.